The second-order valence-corrected chi connectivity index (χ2v) is 4.42. The van der Waals surface area contributed by atoms with Gasteiger partial charge in [-0.1, -0.05) is 6.92 Å². The molecule has 6 nitrogen and oxygen atoms in total. The predicted molar refractivity (Wildman–Crippen MR) is 76.2 cm³/mol. The minimum absolute atomic E-state index is 0.811. The Balaban J connectivity index is 1.84. The van der Waals surface area contributed by atoms with Gasteiger partial charge in [-0.05, 0) is 12.5 Å². The summed E-state index contributed by atoms with van der Waals surface area (Å²) in [5.74, 6) is 0.973. The largest absolute Gasteiger partial charge is 0.384 e. The van der Waals surface area contributed by atoms with E-state index in [1.165, 1.54) is 0 Å². The van der Waals surface area contributed by atoms with Gasteiger partial charge in [0.15, 0.2) is 0 Å². The van der Waals surface area contributed by atoms with Gasteiger partial charge in [0.25, 0.3) is 0 Å². The number of pyridine rings is 1. The normalized spacial score (nSPS) is 10.4. The quantitative estimate of drug-likeness (QED) is 0.793. The van der Waals surface area contributed by atoms with E-state index in [-0.39, 0.29) is 0 Å². The average Bonchev–Trinajstić information content (AvgIpc) is 2.83. The van der Waals surface area contributed by atoms with Gasteiger partial charge in [0.2, 0.25) is 0 Å². The van der Waals surface area contributed by atoms with Gasteiger partial charge in [-0.2, -0.15) is 0 Å². The van der Waals surface area contributed by atoms with Crippen LogP contribution in [0, 0.1) is 0 Å². The molecule has 2 aromatic heterocycles. The third-order valence-corrected chi connectivity index (χ3v) is 2.80. The summed E-state index contributed by atoms with van der Waals surface area (Å²) in [5, 5.41) is 14.6. The predicted octanol–water partition coefficient (Wildman–Crippen LogP) is 1.69. The van der Waals surface area contributed by atoms with Gasteiger partial charge in [-0.25, -0.2) is 0 Å². The van der Waals surface area contributed by atoms with Crippen LogP contribution in [0.25, 0.3) is 0 Å². The van der Waals surface area contributed by atoms with Crippen molar-refractivity contribution in [3.05, 3.63) is 30.6 Å². The Labute approximate surface area is 113 Å². The van der Waals surface area contributed by atoms with E-state index in [0.717, 1.165) is 43.1 Å². The van der Waals surface area contributed by atoms with E-state index in [1.54, 1.807) is 6.33 Å². The number of rotatable bonds is 7. The van der Waals surface area contributed by atoms with E-state index in [9.17, 15) is 0 Å². The molecule has 0 radical (unpaired) electrons. The highest BCUT2D eigenvalue weighted by Gasteiger charge is 2.00. The standard InChI is InChI=1S/C13H20N6/c1-3-5-15-11-7-12(9-14-8-11)16-6-4-13-18-17-10-19(13)2/h7-10,15-16H,3-6H2,1-2H3. The minimum atomic E-state index is 0.811. The van der Waals surface area contributed by atoms with Crippen molar-refractivity contribution in [3.8, 4) is 0 Å². The van der Waals surface area contributed by atoms with Crippen LogP contribution in [0.4, 0.5) is 11.4 Å². The third kappa shape index (κ3) is 3.94. The van der Waals surface area contributed by atoms with Crippen molar-refractivity contribution in [3.63, 3.8) is 0 Å². The van der Waals surface area contributed by atoms with Crippen molar-refractivity contribution in [2.45, 2.75) is 19.8 Å². The number of hydrogen-bond acceptors (Lipinski definition) is 5. The van der Waals surface area contributed by atoms with Crippen molar-refractivity contribution in [1.29, 1.82) is 0 Å². The van der Waals surface area contributed by atoms with Gasteiger partial charge in [-0.3, -0.25) is 4.98 Å². The first-order valence-corrected chi connectivity index (χ1v) is 6.55. The Hall–Kier alpha value is -2.11. The summed E-state index contributed by atoms with van der Waals surface area (Å²) in [6, 6.07) is 2.07. The van der Waals surface area contributed by atoms with Crippen LogP contribution in [0.15, 0.2) is 24.8 Å². The Kier molecular flexibility index (Phi) is 4.72. The molecule has 0 saturated carbocycles. The lowest BCUT2D eigenvalue weighted by Crippen LogP contribution is -2.09. The van der Waals surface area contributed by atoms with Crippen molar-refractivity contribution in [2.75, 3.05) is 23.7 Å². The molecule has 6 heteroatoms. The zero-order chi connectivity index (χ0) is 13.5. The lowest BCUT2D eigenvalue weighted by Gasteiger charge is -2.08. The second-order valence-electron chi connectivity index (χ2n) is 4.42. The fraction of sp³-hybridized carbons (Fsp3) is 0.462. The van der Waals surface area contributed by atoms with Crippen LogP contribution in [0.5, 0.6) is 0 Å². The van der Waals surface area contributed by atoms with Gasteiger partial charge in [0.05, 0.1) is 23.8 Å². The molecule has 0 aliphatic heterocycles. The van der Waals surface area contributed by atoms with E-state index in [0.29, 0.717) is 0 Å². The molecule has 19 heavy (non-hydrogen) atoms. The lowest BCUT2D eigenvalue weighted by atomic mass is 10.3. The van der Waals surface area contributed by atoms with Crippen LogP contribution < -0.4 is 10.6 Å². The molecule has 0 aliphatic rings. The van der Waals surface area contributed by atoms with Crippen LogP contribution in [0.2, 0.25) is 0 Å². The topological polar surface area (TPSA) is 67.7 Å². The highest BCUT2D eigenvalue weighted by Crippen LogP contribution is 2.12. The first kappa shape index (κ1) is 13.3. The maximum atomic E-state index is 4.21. The highest BCUT2D eigenvalue weighted by molar-refractivity contribution is 5.53. The van der Waals surface area contributed by atoms with Crippen LogP contribution in [0.3, 0.4) is 0 Å². The zero-order valence-corrected chi connectivity index (χ0v) is 11.4. The van der Waals surface area contributed by atoms with Gasteiger partial charge >= 0.3 is 0 Å². The van der Waals surface area contributed by atoms with Gasteiger partial charge in [0, 0.05) is 26.6 Å². The SMILES string of the molecule is CCCNc1cncc(NCCc2nncn2C)c1. The van der Waals surface area contributed by atoms with Crippen molar-refractivity contribution < 1.29 is 0 Å². The van der Waals surface area contributed by atoms with Crippen LogP contribution in [-0.2, 0) is 13.5 Å². The lowest BCUT2D eigenvalue weighted by molar-refractivity contribution is 0.788. The molecule has 0 fully saturated rings. The minimum Gasteiger partial charge on any atom is -0.384 e. The van der Waals surface area contributed by atoms with Crippen molar-refractivity contribution in [2.24, 2.45) is 7.05 Å². The van der Waals surface area contributed by atoms with E-state index in [2.05, 4.69) is 38.8 Å². The summed E-state index contributed by atoms with van der Waals surface area (Å²) in [6.07, 6.45) is 7.32. The van der Waals surface area contributed by atoms with Crippen molar-refractivity contribution >= 4 is 11.4 Å². The van der Waals surface area contributed by atoms with Gasteiger partial charge in [0.1, 0.15) is 12.2 Å². The summed E-state index contributed by atoms with van der Waals surface area (Å²) in [6.45, 7) is 3.92. The number of aryl methyl sites for hydroxylation is 1. The van der Waals surface area contributed by atoms with Gasteiger partial charge in [-0.15, -0.1) is 10.2 Å². The number of hydrogen-bond donors (Lipinski definition) is 2. The molecule has 2 N–H and O–H groups in total. The second kappa shape index (κ2) is 6.72. The highest BCUT2D eigenvalue weighted by atomic mass is 15.2. The summed E-state index contributed by atoms with van der Waals surface area (Å²) in [7, 11) is 1.95. The number of nitrogens with zero attached hydrogens (tertiary/aromatic N) is 4. The maximum Gasteiger partial charge on any atom is 0.134 e. The maximum absolute atomic E-state index is 4.21. The molecule has 0 atom stereocenters. The fourth-order valence-corrected chi connectivity index (χ4v) is 1.75. The number of anilines is 2. The molecule has 2 rings (SSSR count). The average molecular weight is 260 g/mol. The molecule has 0 bridgehead atoms. The zero-order valence-electron chi connectivity index (χ0n) is 11.4. The molecule has 0 saturated heterocycles. The summed E-state index contributed by atoms with van der Waals surface area (Å²) >= 11 is 0. The van der Waals surface area contributed by atoms with Crippen LogP contribution in [0.1, 0.15) is 19.2 Å². The molecule has 2 heterocycles. The molecule has 0 unspecified atom stereocenters. The molecular formula is C13H20N6. The molecule has 0 aliphatic carbocycles. The van der Waals surface area contributed by atoms with E-state index in [4.69, 9.17) is 0 Å². The van der Waals surface area contributed by atoms with E-state index in [1.807, 2.05) is 24.0 Å². The Morgan fingerprint density at radius 2 is 1.89 bits per heavy atom. The number of nitrogens with one attached hydrogen (secondary N) is 2. The number of aromatic nitrogens is 4. The first-order valence-electron chi connectivity index (χ1n) is 6.55. The third-order valence-electron chi connectivity index (χ3n) is 2.80. The van der Waals surface area contributed by atoms with Crippen LogP contribution in [-0.4, -0.2) is 32.8 Å². The Bertz CT molecular complexity index is 507. The van der Waals surface area contributed by atoms with E-state index >= 15 is 0 Å². The summed E-state index contributed by atoms with van der Waals surface area (Å²) in [4.78, 5) is 4.21. The van der Waals surface area contributed by atoms with Crippen LogP contribution >= 0.6 is 0 Å². The summed E-state index contributed by atoms with van der Waals surface area (Å²) in [5.41, 5.74) is 2.06. The Morgan fingerprint density at radius 3 is 2.53 bits per heavy atom. The first-order chi connectivity index (χ1) is 9.29. The van der Waals surface area contributed by atoms with E-state index < -0.39 is 0 Å². The molecule has 102 valence electrons. The summed E-state index contributed by atoms with van der Waals surface area (Å²) < 4.78 is 1.93. The smallest absolute Gasteiger partial charge is 0.134 e. The fourth-order valence-electron chi connectivity index (χ4n) is 1.75. The van der Waals surface area contributed by atoms with Crippen molar-refractivity contribution in [1.82, 2.24) is 19.7 Å². The molecule has 0 amide bonds. The van der Waals surface area contributed by atoms with Gasteiger partial charge < -0.3 is 15.2 Å². The molecular weight excluding hydrogens is 240 g/mol. The molecule has 0 aromatic carbocycles. The molecule has 2 aromatic rings. The Morgan fingerprint density at radius 1 is 1.16 bits per heavy atom. The molecule has 0 spiro atoms. The monoisotopic (exact) mass is 260 g/mol.